The van der Waals surface area contributed by atoms with Crippen LogP contribution in [0.3, 0.4) is 0 Å². The maximum atomic E-state index is 6.15. The van der Waals surface area contributed by atoms with Crippen molar-refractivity contribution in [2.24, 2.45) is 0 Å². The van der Waals surface area contributed by atoms with Gasteiger partial charge in [0.2, 0.25) is 0 Å². The molecule has 2 nitrogen and oxygen atoms in total. The SMILES string of the molecule is CCCCCCCCCCC(c1ccc(CCCCCCCCCCCCCCCCCCCc2ccc(C(CCCCCCCCCC)c3ccc(N)cc3C)cc2)cc1)c1ccc(N)cc1C. The Morgan fingerprint density at radius 2 is 0.565 bits per heavy atom. The summed E-state index contributed by atoms with van der Waals surface area (Å²) >= 11 is 0. The zero-order valence-electron chi connectivity index (χ0n) is 45.6. The maximum Gasteiger partial charge on any atom is 0.0316 e. The van der Waals surface area contributed by atoms with Gasteiger partial charge in [-0.3, -0.25) is 0 Å². The summed E-state index contributed by atoms with van der Waals surface area (Å²) in [4.78, 5) is 0. The molecule has 0 aromatic heterocycles. The van der Waals surface area contributed by atoms with E-state index in [9.17, 15) is 0 Å². The third-order valence-corrected chi connectivity index (χ3v) is 15.7. The molecule has 0 aliphatic heterocycles. The van der Waals surface area contributed by atoms with Crippen molar-refractivity contribution in [3.8, 4) is 0 Å². The molecule has 4 aromatic rings. The molecule has 69 heavy (non-hydrogen) atoms. The van der Waals surface area contributed by atoms with Gasteiger partial charge < -0.3 is 11.5 Å². The Labute approximate surface area is 427 Å². The minimum atomic E-state index is 0.465. The van der Waals surface area contributed by atoms with Crippen LogP contribution in [0.15, 0.2) is 84.9 Å². The van der Waals surface area contributed by atoms with Crippen LogP contribution in [-0.2, 0) is 12.8 Å². The van der Waals surface area contributed by atoms with E-state index in [0.29, 0.717) is 11.8 Å². The molecule has 2 unspecified atom stereocenters. The van der Waals surface area contributed by atoms with Gasteiger partial charge in [0.1, 0.15) is 0 Å². The molecule has 2 atom stereocenters. The van der Waals surface area contributed by atoms with Crippen molar-refractivity contribution in [2.75, 3.05) is 11.5 Å². The molecule has 0 spiro atoms. The second-order valence-electron chi connectivity index (χ2n) is 21.9. The minimum Gasteiger partial charge on any atom is -0.399 e. The van der Waals surface area contributed by atoms with Crippen LogP contribution < -0.4 is 11.5 Å². The van der Waals surface area contributed by atoms with Gasteiger partial charge in [-0.25, -0.2) is 0 Å². The predicted molar refractivity (Wildman–Crippen MR) is 308 cm³/mol. The Balaban J connectivity index is 0.970. The first-order valence-corrected chi connectivity index (χ1v) is 29.8. The Morgan fingerprint density at radius 3 is 0.841 bits per heavy atom. The first kappa shape index (κ1) is 58.1. The second kappa shape index (κ2) is 37.3. The average Bonchev–Trinajstić information content (AvgIpc) is 3.35. The molecule has 4 rings (SSSR count). The van der Waals surface area contributed by atoms with E-state index in [0.717, 1.165) is 11.4 Å². The van der Waals surface area contributed by atoms with Crippen LogP contribution in [0.2, 0.25) is 0 Å². The molecule has 0 fully saturated rings. The van der Waals surface area contributed by atoms with E-state index in [4.69, 9.17) is 11.5 Å². The first-order valence-electron chi connectivity index (χ1n) is 29.8. The Morgan fingerprint density at radius 1 is 0.304 bits per heavy atom. The molecule has 0 saturated carbocycles. The fraction of sp³-hybridized carbons (Fsp3) is 0.642. The Hall–Kier alpha value is -3.52. The van der Waals surface area contributed by atoms with Crippen LogP contribution in [0.25, 0.3) is 0 Å². The normalized spacial score (nSPS) is 12.5. The minimum absolute atomic E-state index is 0.465. The van der Waals surface area contributed by atoms with Gasteiger partial charge in [0.15, 0.2) is 0 Å². The highest BCUT2D eigenvalue weighted by Crippen LogP contribution is 2.35. The summed E-state index contributed by atoms with van der Waals surface area (Å²) in [5.41, 5.74) is 25.6. The number of benzene rings is 4. The lowest BCUT2D eigenvalue weighted by Crippen LogP contribution is -2.05. The van der Waals surface area contributed by atoms with Crippen LogP contribution >= 0.6 is 0 Å². The zero-order chi connectivity index (χ0) is 49.0. The number of hydrogen-bond acceptors (Lipinski definition) is 2. The number of nitrogens with two attached hydrogens (primary N) is 2. The lowest BCUT2D eigenvalue weighted by atomic mass is 9.84. The van der Waals surface area contributed by atoms with Gasteiger partial charge >= 0.3 is 0 Å². The van der Waals surface area contributed by atoms with Crippen molar-refractivity contribution < 1.29 is 0 Å². The lowest BCUT2D eigenvalue weighted by Gasteiger charge is -2.21. The van der Waals surface area contributed by atoms with Crippen molar-refractivity contribution in [3.05, 3.63) is 129 Å². The van der Waals surface area contributed by atoms with Gasteiger partial charge in [-0.15, -0.1) is 0 Å². The van der Waals surface area contributed by atoms with Crippen molar-refractivity contribution in [3.63, 3.8) is 0 Å². The van der Waals surface area contributed by atoms with Gasteiger partial charge in [0.25, 0.3) is 0 Å². The number of nitrogen functional groups attached to an aromatic ring is 2. The lowest BCUT2D eigenvalue weighted by molar-refractivity contribution is 0.525. The van der Waals surface area contributed by atoms with E-state index < -0.39 is 0 Å². The molecular weight excluding hydrogens is 833 g/mol. The molecular formula is C67H106N2. The standard InChI is InChI=1S/C67H106N2/c1-5-7-9-11-13-28-32-36-40-66(64-52-50-62(68)54-56(64)3)60-46-42-58(43-47-60)38-34-30-26-24-22-20-18-16-15-17-19-21-23-25-27-31-35-39-59-44-48-61(49-45-59)67(65-53-51-63(69)55-57(65)4)41-37-33-29-14-12-10-8-6-2/h42-55,66-67H,5-41,68-69H2,1-4H3. The second-order valence-corrected chi connectivity index (χ2v) is 21.9. The van der Waals surface area contributed by atoms with E-state index in [1.807, 2.05) is 0 Å². The predicted octanol–water partition coefficient (Wildman–Crippen LogP) is 21.2. The van der Waals surface area contributed by atoms with Crippen molar-refractivity contribution >= 4 is 11.4 Å². The highest BCUT2D eigenvalue weighted by atomic mass is 14.5. The van der Waals surface area contributed by atoms with Gasteiger partial charge in [-0.2, -0.15) is 0 Å². The van der Waals surface area contributed by atoms with Crippen LogP contribution in [0, 0.1) is 13.8 Å². The monoisotopic (exact) mass is 939 g/mol. The Kier molecular flexibility index (Phi) is 31.4. The number of unbranched alkanes of at least 4 members (excludes halogenated alkanes) is 30. The van der Waals surface area contributed by atoms with E-state index >= 15 is 0 Å². The van der Waals surface area contributed by atoms with Crippen molar-refractivity contribution in [1.82, 2.24) is 0 Å². The first-order chi connectivity index (χ1) is 33.9. The van der Waals surface area contributed by atoms with Crippen LogP contribution in [0.5, 0.6) is 0 Å². The van der Waals surface area contributed by atoms with E-state index in [1.54, 1.807) is 0 Å². The molecule has 0 saturated heterocycles. The molecule has 4 aromatic carbocycles. The van der Waals surface area contributed by atoms with Crippen LogP contribution in [0.1, 0.15) is 295 Å². The van der Waals surface area contributed by atoms with Gasteiger partial charge in [-0.1, -0.05) is 274 Å². The molecule has 0 radical (unpaired) electrons. The number of anilines is 2. The number of hydrogen-bond donors (Lipinski definition) is 2. The summed E-state index contributed by atoms with van der Waals surface area (Å²) in [7, 11) is 0. The smallest absolute Gasteiger partial charge is 0.0316 e. The summed E-state index contributed by atoms with van der Waals surface area (Å²) in [6.45, 7) is 9.09. The van der Waals surface area contributed by atoms with Crippen LogP contribution in [0.4, 0.5) is 11.4 Å². The fourth-order valence-corrected chi connectivity index (χ4v) is 11.3. The summed E-state index contributed by atoms with van der Waals surface area (Å²) in [6.07, 6.45) is 50.7. The van der Waals surface area contributed by atoms with Crippen molar-refractivity contribution in [1.29, 1.82) is 0 Å². The van der Waals surface area contributed by atoms with E-state index in [1.165, 1.54) is 282 Å². The molecule has 0 aliphatic rings. The van der Waals surface area contributed by atoms with E-state index in [-0.39, 0.29) is 0 Å². The maximum absolute atomic E-state index is 6.15. The van der Waals surface area contributed by atoms with Gasteiger partial charge in [0.05, 0.1) is 0 Å². The molecule has 0 heterocycles. The Bertz CT molecular complexity index is 1700. The third kappa shape index (κ3) is 24.9. The fourth-order valence-electron chi connectivity index (χ4n) is 11.3. The highest BCUT2D eigenvalue weighted by Gasteiger charge is 2.18. The molecule has 384 valence electrons. The van der Waals surface area contributed by atoms with E-state index in [2.05, 4.69) is 113 Å². The highest BCUT2D eigenvalue weighted by molar-refractivity contribution is 5.49. The summed E-state index contributed by atoms with van der Waals surface area (Å²) < 4.78 is 0. The van der Waals surface area contributed by atoms with Crippen LogP contribution in [-0.4, -0.2) is 0 Å². The van der Waals surface area contributed by atoms with Crippen molar-refractivity contribution in [2.45, 2.75) is 277 Å². The summed E-state index contributed by atoms with van der Waals surface area (Å²) in [5.74, 6) is 0.931. The molecule has 0 bridgehead atoms. The zero-order valence-corrected chi connectivity index (χ0v) is 45.6. The third-order valence-electron chi connectivity index (χ3n) is 15.7. The quantitative estimate of drug-likeness (QED) is 0.0344. The molecule has 4 N–H and O–H groups in total. The number of rotatable bonds is 42. The average molecular weight is 940 g/mol. The summed E-state index contributed by atoms with van der Waals surface area (Å²) in [5, 5.41) is 0. The van der Waals surface area contributed by atoms with Gasteiger partial charge in [-0.05, 0) is 121 Å². The van der Waals surface area contributed by atoms with Gasteiger partial charge in [0, 0.05) is 23.2 Å². The molecule has 2 heteroatoms. The molecule has 0 amide bonds. The topological polar surface area (TPSA) is 52.0 Å². The largest absolute Gasteiger partial charge is 0.399 e. The molecule has 0 aliphatic carbocycles. The number of aryl methyl sites for hydroxylation is 4. The summed E-state index contributed by atoms with van der Waals surface area (Å²) in [6, 6.07) is 32.5.